The van der Waals surface area contributed by atoms with Gasteiger partial charge in [-0.3, -0.25) is 0 Å². The maximum Gasteiger partial charge on any atom is 0.119 e. The molecular formula is C15H21NO3S. The molecule has 0 aromatic heterocycles. The topological polar surface area (TPSA) is 53.7 Å². The van der Waals surface area contributed by atoms with Crippen LogP contribution >= 0.6 is 12.2 Å². The van der Waals surface area contributed by atoms with Gasteiger partial charge in [0.25, 0.3) is 0 Å². The Bertz CT molecular complexity index is 416. The summed E-state index contributed by atoms with van der Waals surface area (Å²) in [6.45, 7) is 2.78. The third-order valence-corrected chi connectivity index (χ3v) is 3.32. The number of thiocarbonyl (C=S) groups is 1. The van der Waals surface area contributed by atoms with Crippen LogP contribution in [0.4, 0.5) is 0 Å². The number of hydrogen-bond acceptors (Lipinski definition) is 4. The van der Waals surface area contributed by atoms with Crippen molar-refractivity contribution in [2.75, 3.05) is 26.4 Å². The molecule has 0 bridgehead atoms. The highest BCUT2D eigenvalue weighted by Crippen LogP contribution is 2.13. The Kier molecular flexibility index (Phi) is 6.24. The van der Waals surface area contributed by atoms with E-state index in [2.05, 4.69) is 0 Å². The minimum Gasteiger partial charge on any atom is -0.491 e. The van der Waals surface area contributed by atoms with E-state index in [4.69, 9.17) is 32.2 Å². The van der Waals surface area contributed by atoms with Crippen molar-refractivity contribution in [1.82, 2.24) is 0 Å². The summed E-state index contributed by atoms with van der Waals surface area (Å²) in [6.07, 6.45) is 2.91. The maximum absolute atomic E-state index is 5.74. The van der Waals surface area contributed by atoms with Gasteiger partial charge in [-0.25, -0.2) is 0 Å². The number of ether oxygens (including phenoxy) is 3. The summed E-state index contributed by atoms with van der Waals surface area (Å²) in [5.74, 6) is 0.840. The van der Waals surface area contributed by atoms with Gasteiger partial charge < -0.3 is 19.9 Å². The van der Waals surface area contributed by atoms with E-state index in [-0.39, 0.29) is 0 Å². The molecule has 110 valence electrons. The largest absolute Gasteiger partial charge is 0.491 e. The molecule has 0 amide bonds. The third kappa shape index (κ3) is 5.45. The van der Waals surface area contributed by atoms with Crippen LogP contribution in [-0.2, 0) is 15.9 Å². The van der Waals surface area contributed by atoms with E-state index in [1.54, 1.807) is 0 Å². The quantitative estimate of drug-likeness (QED) is 0.616. The van der Waals surface area contributed by atoms with Gasteiger partial charge in [-0.1, -0.05) is 24.4 Å². The Morgan fingerprint density at radius 3 is 2.55 bits per heavy atom. The lowest BCUT2D eigenvalue weighted by atomic mass is 10.1. The van der Waals surface area contributed by atoms with E-state index >= 15 is 0 Å². The summed E-state index contributed by atoms with van der Waals surface area (Å²) < 4.78 is 16.7. The van der Waals surface area contributed by atoms with E-state index in [1.165, 1.54) is 0 Å². The molecule has 0 saturated carbocycles. The summed E-state index contributed by atoms with van der Waals surface area (Å²) in [5.41, 5.74) is 6.61. The summed E-state index contributed by atoms with van der Waals surface area (Å²) in [7, 11) is 0. The second kappa shape index (κ2) is 8.19. The first-order valence-electron chi connectivity index (χ1n) is 6.93. The van der Waals surface area contributed by atoms with Crippen LogP contribution in [0.5, 0.6) is 5.75 Å². The number of hydrogen-bond donors (Lipinski definition) is 1. The number of nitrogens with two attached hydrogens (primary N) is 1. The van der Waals surface area contributed by atoms with Crippen molar-refractivity contribution in [3.8, 4) is 5.75 Å². The first kappa shape index (κ1) is 15.2. The van der Waals surface area contributed by atoms with Gasteiger partial charge in [0.1, 0.15) is 12.4 Å². The Morgan fingerprint density at radius 1 is 1.20 bits per heavy atom. The summed E-state index contributed by atoms with van der Waals surface area (Å²) >= 11 is 4.88. The average Bonchev–Trinajstić information content (AvgIpc) is 2.46. The first-order chi connectivity index (χ1) is 9.74. The van der Waals surface area contributed by atoms with Crippen LogP contribution in [0, 0.1) is 0 Å². The Hall–Kier alpha value is -1.17. The van der Waals surface area contributed by atoms with Crippen LogP contribution in [0.1, 0.15) is 18.4 Å². The summed E-state index contributed by atoms with van der Waals surface area (Å²) in [4.78, 5) is 0.503. The normalized spacial score (nSPS) is 16.0. The zero-order chi connectivity index (χ0) is 14.2. The Morgan fingerprint density at radius 2 is 1.90 bits per heavy atom. The Balaban J connectivity index is 1.64. The van der Waals surface area contributed by atoms with Gasteiger partial charge in [0.2, 0.25) is 0 Å². The molecule has 1 aromatic carbocycles. The van der Waals surface area contributed by atoms with Crippen LogP contribution in [0.15, 0.2) is 24.3 Å². The molecule has 1 heterocycles. The monoisotopic (exact) mass is 295 g/mol. The Labute approximate surface area is 125 Å². The second-order valence-electron chi connectivity index (χ2n) is 4.82. The SMILES string of the molecule is NC(=S)Cc1ccc(OCCOC2CCOCC2)cc1. The van der Waals surface area contributed by atoms with Crippen LogP contribution in [0.3, 0.4) is 0 Å². The molecule has 4 nitrogen and oxygen atoms in total. The zero-order valence-electron chi connectivity index (χ0n) is 11.5. The van der Waals surface area contributed by atoms with E-state index in [1.807, 2.05) is 24.3 Å². The van der Waals surface area contributed by atoms with E-state index in [0.29, 0.717) is 30.7 Å². The van der Waals surface area contributed by atoms with Crippen molar-refractivity contribution < 1.29 is 14.2 Å². The number of rotatable bonds is 7. The van der Waals surface area contributed by atoms with Crippen molar-refractivity contribution in [2.24, 2.45) is 5.73 Å². The highest BCUT2D eigenvalue weighted by Gasteiger charge is 2.13. The van der Waals surface area contributed by atoms with Crippen molar-refractivity contribution in [1.29, 1.82) is 0 Å². The van der Waals surface area contributed by atoms with Crippen molar-refractivity contribution >= 4 is 17.2 Å². The van der Waals surface area contributed by atoms with Crippen molar-refractivity contribution in [3.63, 3.8) is 0 Å². The molecule has 20 heavy (non-hydrogen) atoms. The molecule has 1 saturated heterocycles. The molecule has 0 aliphatic carbocycles. The van der Waals surface area contributed by atoms with Gasteiger partial charge in [0.05, 0.1) is 17.7 Å². The van der Waals surface area contributed by atoms with Crippen LogP contribution in [0.25, 0.3) is 0 Å². The molecule has 1 fully saturated rings. The molecule has 1 aliphatic rings. The van der Waals surface area contributed by atoms with Crippen molar-refractivity contribution in [3.05, 3.63) is 29.8 Å². The predicted octanol–water partition coefficient (Wildman–Crippen LogP) is 2.09. The number of benzene rings is 1. The fraction of sp³-hybridized carbons (Fsp3) is 0.533. The lowest BCUT2D eigenvalue weighted by Crippen LogP contribution is -2.25. The van der Waals surface area contributed by atoms with Gasteiger partial charge in [-0.2, -0.15) is 0 Å². The standard InChI is InChI=1S/C15H21NO3S/c16-15(20)11-12-1-3-13(4-2-12)18-9-10-19-14-5-7-17-8-6-14/h1-4,14H,5-11H2,(H2,16,20). The lowest BCUT2D eigenvalue weighted by molar-refractivity contribution is -0.0388. The molecule has 2 N–H and O–H groups in total. The predicted molar refractivity (Wildman–Crippen MR) is 82.2 cm³/mol. The highest BCUT2D eigenvalue weighted by molar-refractivity contribution is 7.80. The van der Waals surface area contributed by atoms with Gasteiger partial charge in [-0.05, 0) is 30.5 Å². The molecule has 0 atom stereocenters. The summed E-state index contributed by atoms with van der Waals surface area (Å²) in [5, 5.41) is 0. The van der Waals surface area contributed by atoms with Crippen LogP contribution < -0.4 is 10.5 Å². The molecule has 1 aromatic rings. The van der Waals surface area contributed by atoms with Gasteiger partial charge in [0.15, 0.2) is 0 Å². The molecule has 5 heteroatoms. The summed E-state index contributed by atoms with van der Waals surface area (Å²) in [6, 6.07) is 7.83. The minimum absolute atomic E-state index is 0.320. The zero-order valence-corrected chi connectivity index (χ0v) is 12.4. The van der Waals surface area contributed by atoms with Gasteiger partial charge in [0, 0.05) is 19.6 Å². The van der Waals surface area contributed by atoms with E-state index < -0.39 is 0 Å². The smallest absolute Gasteiger partial charge is 0.119 e. The molecule has 0 radical (unpaired) electrons. The van der Waals surface area contributed by atoms with Crippen LogP contribution in [0.2, 0.25) is 0 Å². The second-order valence-corrected chi connectivity index (χ2v) is 5.34. The fourth-order valence-corrected chi connectivity index (χ4v) is 2.29. The minimum atomic E-state index is 0.320. The molecule has 1 aliphatic heterocycles. The third-order valence-electron chi connectivity index (χ3n) is 3.18. The highest BCUT2D eigenvalue weighted by atomic mass is 32.1. The van der Waals surface area contributed by atoms with Gasteiger partial charge in [-0.15, -0.1) is 0 Å². The maximum atomic E-state index is 5.74. The fourth-order valence-electron chi connectivity index (χ4n) is 2.12. The molecule has 0 spiro atoms. The van der Waals surface area contributed by atoms with E-state index in [9.17, 15) is 0 Å². The molecular weight excluding hydrogens is 274 g/mol. The molecule has 2 rings (SSSR count). The molecule has 0 unspecified atom stereocenters. The van der Waals surface area contributed by atoms with Gasteiger partial charge >= 0.3 is 0 Å². The van der Waals surface area contributed by atoms with Crippen molar-refractivity contribution in [2.45, 2.75) is 25.4 Å². The van der Waals surface area contributed by atoms with Crippen LogP contribution in [-0.4, -0.2) is 37.5 Å². The first-order valence-corrected chi connectivity index (χ1v) is 7.34. The van der Waals surface area contributed by atoms with E-state index in [0.717, 1.165) is 37.4 Å². The average molecular weight is 295 g/mol. The lowest BCUT2D eigenvalue weighted by Gasteiger charge is -2.22.